The van der Waals surface area contributed by atoms with Gasteiger partial charge in [-0.1, -0.05) is 6.07 Å². The number of sulfonamides is 1. The van der Waals surface area contributed by atoms with Gasteiger partial charge in [-0.15, -0.1) is 0 Å². The molecule has 0 saturated carbocycles. The lowest BCUT2D eigenvalue weighted by atomic mass is 10.2. The van der Waals surface area contributed by atoms with E-state index >= 15 is 0 Å². The number of esters is 2. The second kappa shape index (κ2) is 7.31. The minimum absolute atomic E-state index is 0.000173. The largest absolute Gasteiger partial charge is 0.463 e. The number of carbonyl (C=O) groups excluding carboxylic acids is 2. The van der Waals surface area contributed by atoms with Crippen LogP contribution in [0.1, 0.15) is 16.8 Å². The Balaban J connectivity index is 1.77. The Morgan fingerprint density at radius 2 is 1.93 bits per heavy atom. The molecule has 1 saturated heterocycles. The topological polar surface area (TPSA) is 98.8 Å². The van der Waals surface area contributed by atoms with Crippen molar-refractivity contribution in [2.45, 2.75) is 17.4 Å². The third kappa shape index (κ3) is 4.22. The van der Waals surface area contributed by atoms with E-state index in [9.17, 15) is 26.8 Å². The molecular weight excluding hydrogens is 384 g/mol. The maximum Gasteiger partial charge on any atom is 0.347 e. The fourth-order valence-corrected chi connectivity index (χ4v) is 3.41. The summed E-state index contributed by atoms with van der Waals surface area (Å²) in [6.07, 6.45) is -0.757. The quantitative estimate of drug-likeness (QED) is 0.777. The molecule has 0 amide bonds. The molecule has 1 atom stereocenters. The van der Waals surface area contributed by atoms with E-state index in [2.05, 4.69) is 4.72 Å². The minimum atomic E-state index is -4.21. The zero-order chi connectivity index (χ0) is 19.6. The van der Waals surface area contributed by atoms with Gasteiger partial charge in [-0.2, -0.15) is 0 Å². The highest BCUT2D eigenvalue weighted by molar-refractivity contribution is 7.92. The maximum atomic E-state index is 13.3. The number of halogens is 2. The van der Waals surface area contributed by atoms with Crippen molar-refractivity contribution in [3.05, 3.63) is 59.7 Å². The van der Waals surface area contributed by atoms with Crippen LogP contribution in [0.3, 0.4) is 0 Å². The number of anilines is 1. The van der Waals surface area contributed by atoms with Gasteiger partial charge in [-0.3, -0.25) is 4.72 Å². The van der Waals surface area contributed by atoms with Crippen molar-refractivity contribution < 1.29 is 36.3 Å². The number of ether oxygens (including phenoxy) is 2. The molecule has 1 aliphatic heterocycles. The third-order valence-electron chi connectivity index (χ3n) is 3.69. The van der Waals surface area contributed by atoms with Gasteiger partial charge >= 0.3 is 11.9 Å². The van der Waals surface area contributed by atoms with Crippen LogP contribution < -0.4 is 4.72 Å². The van der Waals surface area contributed by atoms with E-state index in [0.717, 1.165) is 6.07 Å². The molecule has 2 aromatic carbocycles. The van der Waals surface area contributed by atoms with Crippen molar-refractivity contribution in [3.63, 3.8) is 0 Å². The standard InChI is InChI=1S/C17H13F2NO6S/c18-13-5-4-12(9-14(13)19)27(23,24)20-11-3-1-2-10(8-11)16(21)26-15-6-7-25-17(15)22/h1-5,8-9,15,20H,6-7H2/t15-/m1/s1. The first-order valence-corrected chi connectivity index (χ1v) is 9.20. The Kier molecular flexibility index (Phi) is 5.08. The van der Waals surface area contributed by atoms with Gasteiger partial charge in [0.2, 0.25) is 6.10 Å². The van der Waals surface area contributed by atoms with Gasteiger partial charge in [0.1, 0.15) is 0 Å². The molecule has 0 bridgehead atoms. The van der Waals surface area contributed by atoms with Crippen molar-refractivity contribution in [1.82, 2.24) is 0 Å². The van der Waals surface area contributed by atoms with E-state index < -0.39 is 44.6 Å². The monoisotopic (exact) mass is 397 g/mol. The zero-order valence-corrected chi connectivity index (χ0v) is 14.5. The smallest absolute Gasteiger partial charge is 0.347 e. The summed E-state index contributed by atoms with van der Waals surface area (Å²) in [5, 5.41) is 0. The Morgan fingerprint density at radius 1 is 1.15 bits per heavy atom. The summed E-state index contributed by atoms with van der Waals surface area (Å²) in [5.74, 6) is -3.95. The summed E-state index contributed by atoms with van der Waals surface area (Å²) in [6, 6.07) is 7.47. The molecule has 10 heteroatoms. The van der Waals surface area contributed by atoms with Crippen LogP contribution in [-0.2, 0) is 24.3 Å². The third-order valence-corrected chi connectivity index (χ3v) is 5.07. The number of rotatable bonds is 5. The van der Waals surface area contributed by atoms with E-state index in [-0.39, 0.29) is 24.3 Å². The van der Waals surface area contributed by atoms with Crippen LogP contribution in [0.15, 0.2) is 47.4 Å². The number of cyclic esters (lactones) is 1. The molecule has 1 N–H and O–H groups in total. The first kappa shape index (κ1) is 18.8. The number of hydrogen-bond donors (Lipinski definition) is 1. The molecule has 7 nitrogen and oxygen atoms in total. The normalized spacial score (nSPS) is 16.7. The fraction of sp³-hybridized carbons (Fsp3) is 0.176. The van der Waals surface area contributed by atoms with Crippen molar-refractivity contribution in [3.8, 4) is 0 Å². The molecule has 1 heterocycles. The molecule has 0 unspecified atom stereocenters. The first-order valence-electron chi connectivity index (χ1n) is 7.72. The van der Waals surface area contributed by atoms with E-state index in [0.29, 0.717) is 12.1 Å². The highest BCUT2D eigenvalue weighted by atomic mass is 32.2. The summed E-state index contributed by atoms with van der Waals surface area (Å²) in [5.41, 5.74) is 0.00312. The maximum absolute atomic E-state index is 13.3. The molecule has 0 aromatic heterocycles. The van der Waals surface area contributed by atoms with Crippen LogP contribution in [0.5, 0.6) is 0 Å². The molecule has 2 aromatic rings. The summed E-state index contributed by atoms with van der Waals surface area (Å²) < 4.78 is 62.7. The molecule has 0 spiro atoms. The van der Waals surface area contributed by atoms with Crippen molar-refractivity contribution in [1.29, 1.82) is 0 Å². The lowest BCUT2D eigenvalue weighted by Crippen LogP contribution is -2.22. The molecule has 1 aliphatic rings. The molecule has 27 heavy (non-hydrogen) atoms. The Bertz CT molecular complexity index is 1010. The van der Waals surface area contributed by atoms with Gasteiger partial charge < -0.3 is 9.47 Å². The van der Waals surface area contributed by atoms with Crippen LogP contribution in [0.25, 0.3) is 0 Å². The van der Waals surface area contributed by atoms with Gasteiger partial charge in [0.05, 0.1) is 17.1 Å². The SMILES string of the molecule is O=C(O[C@@H]1CCOC1=O)c1cccc(NS(=O)(=O)c2ccc(F)c(F)c2)c1. The second-order valence-corrected chi connectivity index (χ2v) is 7.29. The molecule has 1 fully saturated rings. The highest BCUT2D eigenvalue weighted by Crippen LogP contribution is 2.20. The van der Waals surface area contributed by atoms with E-state index in [1.165, 1.54) is 24.3 Å². The van der Waals surface area contributed by atoms with E-state index in [1.54, 1.807) is 0 Å². The van der Waals surface area contributed by atoms with Crippen LogP contribution in [0.4, 0.5) is 14.5 Å². The van der Waals surface area contributed by atoms with Gasteiger partial charge in [-0.05, 0) is 36.4 Å². The second-order valence-electron chi connectivity index (χ2n) is 5.61. The van der Waals surface area contributed by atoms with Gasteiger partial charge in [0.15, 0.2) is 11.6 Å². The van der Waals surface area contributed by atoms with Crippen molar-refractivity contribution in [2.24, 2.45) is 0 Å². The van der Waals surface area contributed by atoms with Crippen molar-refractivity contribution in [2.75, 3.05) is 11.3 Å². The average Bonchev–Trinajstić information content (AvgIpc) is 3.02. The summed E-state index contributed by atoms with van der Waals surface area (Å²) >= 11 is 0. The lowest BCUT2D eigenvalue weighted by molar-refractivity contribution is -0.145. The Labute approximate surface area is 152 Å². The predicted molar refractivity (Wildman–Crippen MR) is 88.4 cm³/mol. The van der Waals surface area contributed by atoms with Crippen LogP contribution in [-0.4, -0.2) is 33.1 Å². The van der Waals surface area contributed by atoms with E-state index in [4.69, 9.17) is 9.47 Å². The summed E-state index contributed by atoms with van der Waals surface area (Å²) in [7, 11) is -4.21. The number of benzene rings is 2. The van der Waals surface area contributed by atoms with Gasteiger partial charge in [0.25, 0.3) is 10.0 Å². The molecule has 3 rings (SSSR count). The van der Waals surface area contributed by atoms with Crippen LogP contribution in [0.2, 0.25) is 0 Å². The summed E-state index contributed by atoms with van der Waals surface area (Å²) in [6.45, 7) is 0.158. The van der Waals surface area contributed by atoms with Crippen LogP contribution >= 0.6 is 0 Å². The average molecular weight is 397 g/mol. The predicted octanol–water partition coefficient (Wildman–Crippen LogP) is 2.24. The van der Waals surface area contributed by atoms with Crippen LogP contribution in [0, 0.1) is 11.6 Å². The molecular formula is C17H13F2NO6S. The Morgan fingerprint density at radius 3 is 2.59 bits per heavy atom. The molecule has 0 radical (unpaired) electrons. The zero-order valence-electron chi connectivity index (χ0n) is 13.6. The molecule has 0 aliphatic carbocycles. The van der Waals surface area contributed by atoms with E-state index in [1.807, 2.05) is 0 Å². The fourth-order valence-electron chi connectivity index (χ4n) is 2.35. The Hall–Kier alpha value is -3.01. The highest BCUT2D eigenvalue weighted by Gasteiger charge is 2.30. The summed E-state index contributed by atoms with van der Waals surface area (Å²) in [4.78, 5) is 23.0. The number of carbonyl (C=O) groups is 2. The first-order chi connectivity index (χ1) is 12.8. The lowest BCUT2D eigenvalue weighted by Gasteiger charge is -2.11. The van der Waals surface area contributed by atoms with Gasteiger partial charge in [-0.25, -0.2) is 26.8 Å². The number of nitrogens with one attached hydrogen (secondary N) is 1. The van der Waals surface area contributed by atoms with Gasteiger partial charge in [0, 0.05) is 12.1 Å². The number of hydrogen-bond acceptors (Lipinski definition) is 6. The molecule has 142 valence electrons. The van der Waals surface area contributed by atoms with Crippen molar-refractivity contribution >= 4 is 27.6 Å². The minimum Gasteiger partial charge on any atom is -0.463 e.